The van der Waals surface area contributed by atoms with Crippen LogP contribution in [0.15, 0.2) is 109 Å². The SMILES string of the molecule is C=CC(C)(C)n1cc(C[C@@H]2NC(=O)C(Cc3ccccc3)NC(=O)[C@H](CC(C)C)N3CC/C=C\C[C@@H](C3=O)N(C)C(=O)[C@H](C)N(C)C(=O)[C@H](Cc3ccc4ncsc4c3)NC(=O)[C@H](CC(C)C)N(C)C2=O)c2ccccc21. The highest BCUT2D eigenvalue weighted by atomic mass is 32.1. The van der Waals surface area contributed by atoms with E-state index >= 15 is 28.8 Å². The zero-order valence-electron chi connectivity index (χ0n) is 46.3. The van der Waals surface area contributed by atoms with Gasteiger partial charge in [0.05, 0.1) is 21.3 Å². The third kappa shape index (κ3) is 13.3. The standard InChI is InChI=1S/C60H77N9O7S/c1-12-60(7,8)69-35-42(43-23-18-19-24-48(43)69)34-47-58(75)67(11)50(29-37(2)3)54(71)64-46(32-41-26-27-44-52(33-41)77-36-61-44)57(74)65(9)39(6)56(73)66(10)49-25-17-14-20-28-68(59(49)76)51(30-38(4)5)55(72)62-45(53(70)63-47)31-40-21-15-13-16-22-40/h12-19,21-24,26-27,33,35-39,45-47,49-51H,1,20,25,28-32,34H2,2-11H3,(H,62,72)(H,63,70)(H,64,71)/b17-14-/t39-,45?,46-,47-,49-,50-,51-/m0/s1. The number of hydrogen-bond acceptors (Lipinski definition) is 9. The lowest BCUT2D eigenvalue weighted by molar-refractivity contribution is -0.153. The van der Waals surface area contributed by atoms with Crippen LogP contribution in [0.4, 0.5) is 0 Å². The lowest BCUT2D eigenvalue weighted by Gasteiger charge is -2.39. The van der Waals surface area contributed by atoms with Gasteiger partial charge in [0.1, 0.15) is 42.3 Å². The van der Waals surface area contributed by atoms with Gasteiger partial charge >= 0.3 is 0 Å². The first kappa shape index (κ1) is 57.6. The van der Waals surface area contributed by atoms with Crippen LogP contribution in [0, 0.1) is 11.8 Å². The number of para-hydroxylation sites is 1. The number of likely N-dealkylation sites (N-methyl/N-ethyl adjacent to an activating group) is 3. The number of carbonyl (C=O) groups is 7. The van der Waals surface area contributed by atoms with E-state index < -0.39 is 89.2 Å². The third-order valence-corrected chi connectivity index (χ3v) is 16.0. The minimum Gasteiger partial charge on any atom is -0.342 e. The van der Waals surface area contributed by atoms with E-state index in [9.17, 15) is 4.79 Å². The Morgan fingerprint density at radius 2 is 1.30 bits per heavy atom. The van der Waals surface area contributed by atoms with Crippen molar-refractivity contribution in [3.8, 4) is 0 Å². The second-order valence-corrected chi connectivity index (χ2v) is 23.1. The van der Waals surface area contributed by atoms with Gasteiger partial charge in [-0.05, 0) is 93.2 Å². The Balaban J connectivity index is 1.39. The molecule has 3 N–H and O–H groups in total. The summed E-state index contributed by atoms with van der Waals surface area (Å²) in [5.74, 6) is -4.11. The maximum Gasteiger partial charge on any atom is 0.246 e. The molecule has 3 aromatic carbocycles. The zero-order chi connectivity index (χ0) is 55.9. The van der Waals surface area contributed by atoms with Gasteiger partial charge in [0.25, 0.3) is 0 Å². The molecule has 2 aliphatic rings. The average molecular weight is 1070 g/mol. The topological polar surface area (TPSA) is 186 Å². The summed E-state index contributed by atoms with van der Waals surface area (Å²) in [5, 5.41) is 10.0. The maximum absolute atomic E-state index is 15.6. The number of allylic oxidation sites excluding steroid dienone is 1. The van der Waals surface area contributed by atoms with Gasteiger partial charge in [0, 0.05) is 64.1 Å². The number of benzene rings is 3. The van der Waals surface area contributed by atoms with E-state index in [-0.39, 0.29) is 56.9 Å². The van der Waals surface area contributed by atoms with Crippen LogP contribution in [0.25, 0.3) is 21.1 Å². The normalized spacial score (nSPS) is 23.7. The molecule has 77 heavy (non-hydrogen) atoms. The number of nitrogens with zero attached hydrogens (tertiary/aromatic N) is 6. The molecule has 5 aromatic rings. The second kappa shape index (κ2) is 24.9. The number of hydrogen-bond donors (Lipinski definition) is 3. The predicted molar refractivity (Wildman–Crippen MR) is 303 cm³/mol. The molecular formula is C60H77N9O7S. The quantitative estimate of drug-likeness (QED) is 0.114. The molecule has 7 atom stereocenters. The van der Waals surface area contributed by atoms with Crippen molar-refractivity contribution in [2.75, 3.05) is 27.7 Å². The van der Waals surface area contributed by atoms with Gasteiger partial charge in [-0.1, -0.05) is 101 Å². The number of aromatic nitrogens is 2. The molecule has 2 aliphatic heterocycles. The zero-order valence-corrected chi connectivity index (χ0v) is 47.1. The van der Waals surface area contributed by atoms with Crippen molar-refractivity contribution in [2.24, 2.45) is 11.8 Å². The van der Waals surface area contributed by atoms with Crippen LogP contribution in [0.1, 0.15) is 90.8 Å². The molecule has 1 saturated heterocycles. The average Bonchev–Trinajstić information content (AvgIpc) is 4.04. The lowest BCUT2D eigenvalue weighted by atomic mass is 9.97. The van der Waals surface area contributed by atoms with Crippen LogP contribution in [0.3, 0.4) is 0 Å². The molecule has 0 spiro atoms. The summed E-state index contributed by atoms with van der Waals surface area (Å²) in [6.07, 6.45) is 8.69. The number of nitrogens with one attached hydrogen (secondary N) is 3. The minimum absolute atomic E-state index is 0.00374. The monoisotopic (exact) mass is 1070 g/mol. The Morgan fingerprint density at radius 3 is 2.00 bits per heavy atom. The minimum atomic E-state index is -1.28. The van der Waals surface area contributed by atoms with Crippen molar-refractivity contribution in [2.45, 2.75) is 141 Å². The van der Waals surface area contributed by atoms with Gasteiger partial charge in [0.15, 0.2) is 0 Å². The predicted octanol–water partition coefficient (Wildman–Crippen LogP) is 6.81. The van der Waals surface area contributed by atoms with Crippen molar-refractivity contribution in [3.63, 3.8) is 0 Å². The van der Waals surface area contributed by atoms with Crippen molar-refractivity contribution >= 4 is 73.8 Å². The molecule has 17 heteroatoms. The van der Waals surface area contributed by atoms with Crippen LogP contribution in [-0.4, -0.2) is 140 Å². The van der Waals surface area contributed by atoms with E-state index in [2.05, 4.69) is 32.1 Å². The molecule has 7 rings (SSSR count). The fourth-order valence-electron chi connectivity index (χ4n) is 10.5. The van der Waals surface area contributed by atoms with Gasteiger partial charge in [-0.3, -0.25) is 33.6 Å². The molecule has 1 fully saturated rings. The van der Waals surface area contributed by atoms with E-state index in [0.29, 0.717) is 6.42 Å². The Bertz CT molecular complexity index is 3000. The Morgan fingerprint density at radius 1 is 0.688 bits per heavy atom. The number of amides is 7. The van der Waals surface area contributed by atoms with Crippen molar-refractivity contribution in [1.82, 2.24) is 45.1 Å². The van der Waals surface area contributed by atoms with Crippen molar-refractivity contribution in [1.29, 1.82) is 0 Å². The van der Waals surface area contributed by atoms with E-state index in [0.717, 1.165) is 37.8 Å². The van der Waals surface area contributed by atoms with Crippen LogP contribution >= 0.6 is 11.3 Å². The Kier molecular flexibility index (Phi) is 18.6. The molecule has 2 aromatic heterocycles. The molecule has 16 nitrogen and oxygen atoms in total. The molecular weight excluding hydrogens is 991 g/mol. The molecule has 4 heterocycles. The van der Waals surface area contributed by atoms with Gasteiger partial charge in [-0.25, -0.2) is 4.98 Å². The highest BCUT2D eigenvalue weighted by molar-refractivity contribution is 7.16. The van der Waals surface area contributed by atoms with E-state index in [1.807, 2.05) is 139 Å². The number of carbonyl (C=O) groups excluding carboxylic acids is 7. The highest BCUT2D eigenvalue weighted by Crippen LogP contribution is 2.30. The second-order valence-electron chi connectivity index (χ2n) is 22.2. The summed E-state index contributed by atoms with van der Waals surface area (Å²) in [6, 6.07) is 14.6. The number of fused-ring (bicyclic) bond motifs is 4. The molecule has 1 unspecified atom stereocenters. The van der Waals surface area contributed by atoms with Gasteiger partial charge in [0.2, 0.25) is 41.4 Å². The summed E-state index contributed by atoms with van der Waals surface area (Å²) < 4.78 is 2.97. The van der Waals surface area contributed by atoms with E-state index in [4.69, 9.17) is 0 Å². The van der Waals surface area contributed by atoms with Crippen molar-refractivity contribution < 1.29 is 33.6 Å². The highest BCUT2D eigenvalue weighted by Gasteiger charge is 2.42. The third-order valence-electron chi connectivity index (χ3n) is 15.2. The number of rotatable bonds is 12. The smallest absolute Gasteiger partial charge is 0.246 e. The van der Waals surface area contributed by atoms with Crippen molar-refractivity contribution in [3.05, 3.63) is 126 Å². The molecule has 0 aliphatic carbocycles. The molecule has 7 amide bonds. The van der Waals surface area contributed by atoms with Gasteiger partial charge < -0.3 is 40.1 Å². The fourth-order valence-corrected chi connectivity index (χ4v) is 11.2. The Labute approximate surface area is 457 Å². The summed E-state index contributed by atoms with van der Waals surface area (Å²) >= 11 is 1.44. The van der Waals surface area contributed by atoms with E-state index in [1.165, 1.54) is 52.1 Å². The van der Waals surface area contributed by atoms with E-state index in [1.54, 1.807) is 12.4 Å². The van der Waals surface area contributed by atoms with Gasteiger partial charge in [-0.2, -0.15) is 0 Å². The van der Waals surface area contributed by atoms with Crippen LogP contribution in [-0.2, 0) is 58.4 Å². The summed E-state index contributed by atoms with van der Waals surface area (Å²) in [4.78, 5) is 116. The summed E-state index contributed by atoms with van der Waals surface area (Å²) in [5.41, 5.74) is 5.08. The largest absolute Gasteiger partial charge is 0.342 e. The van der Waals surface area contributed by atoms with Crippen LogP contribution in [0.2, 0.25) is 0 Å². The van der Waals surface area contributed by atoms with Gasteiger partial charge in [-0.15, -0.1) is 17.9 Å². The lowest BCUT2D eigenvalue weighted by Crippen LogP contribution is -2.61. The van der Waals surface area contributed by atoms with Crippen LogP contribution < -0.4 is 16.0 Å². The summed E-state index contributed by atoms with van der Waals surface area (Å²) in [6.45, 7) is 17.7. The first-order valence-corrected chi connectivity index (χ1v) is 27.7. The fraction of sp³-hybridized carbons (Fsp3) is 0.467. The Hall–Kier alpha value is -7.14. The first-order chi connectivity index (χ1) is 36.6. The molecule has 0 radical (unpaired) electrons. The van der Waals surface area contributed by atoms with Crippen LogP contribution in [0.5, 0.6) is 0 Å². The molecule has 0 saturated carbocycles. The molecule has 410 valence electrons. The molecule has 2 bridgehead atoms. The number of thiazole rings is 1. The maximum atomic E-state index is 15.6. The summed E-state index contributed by atoms with van der Waals surface area (Å²) in [7, 11) is 4.57. The first-order valence-electron chi connectivity index (χ1n) is 26.9.